The molecule has 8 heteroatoms. The molecule has 0 aliphatic heterocycles. The number of ether oxygens (including phenoxy) is 2. The minimum Gasteiger partial charge on any atom is -0.478 e. The van der Waals surface area contributed by atoms with E-state index in [0.717, 1.165) is 0 Å². The quantitative estimate of drug-likeness (QED) is 0.561. The fourth-order valence-corrected chi connectivity index (χ4v) is 2.25. The smallest absolute Gasteiger partial charge is 0.342 e. The van der Waals surface area contributed by atoms with Gasteiger partial charge in [-0.3, -0.25) is 0 Å². The number of hydrogen-bond acceptors (Lipinski definition) is 6. The van der Waals surface area contributed by atoms with E-state index in [4.69, 9.17) is 19.7 Å². The summed E-state index contributed by atoms with van der Waals surface area (Å²) in [5, 5.41) is 18.3. The van der Waals surface area contributed by atoms with Crippen molar-refractivity contribution in [1.29, 1.82) is 0 Å². The van der Waals surface area contributed by atoms with Gasteiger partial charge in [0, 0.05) is 6.42 Å². The molecule has 0 aliphatic rings. The molecule has 0 aliphatic carbocycles. The zero-order valence-electron chi connectivity index (χ0n) is 14.2. The van der Waals surface area contributed by atoms with Crippen LogP contribution in [0.15, 0.2) is 48.5 Å². The van der Waals surface area contributed by atoms with Crippen LogP contribution in [-0.2, 0) is 9.47 Å². The molecule has 0 atom stereocenters. The van der Waals surface area contributed by atoms with Gasteiger partial charge >= 0.3 is 23.9 Å². The first-order valence-corrected chi connectivity index (χ1v) is 7.91. The van der Waals surface area contributed by atoms with Gasteiger partial charge in [0.2, 0.25) is 6.29 Å². The van der Waals surface area contributed by atoms with Gasteiger partial charge < -0.3 is 19.7 Å². The molecule has 2 N–H and O–H groups in total. The standard InChI is InChI=1S/C19H16O8/c1-2-15(26-18(24)13-9-5-3-7-11(13)16(20)21)27-19(25)14-10-6-4-8-12(14)17(22)23/h3-10,15H,2H2,1H3,(H,20,21)(H,22,23). The number of esters is 2. The highest BCUT2D eigenvalue weighted by Gasteiger charge is 2.24. The second-order valence-electron chi connectivity index (χ2n) is 5.35. The van der Waals surface area contributed by atoms with E-state index in [1.165, 1.54) is 48.5 Å². The molecular weight excluding hydrogens is 356 g/mol. The van der Waals surface area contributed by atoms with Crippen LogP contribution >= 0.6 is 0 Å². The Hall–Kier alpha value is -3.68. The van der Waals surface area contributed by atoms with Crippen LogP contribution in [0.1, 0.15) is 54.8 Å². The number of hydrogen-bond donors (Lipinski definition) is 2. The third-order valence-electron chi connectivity index (χ3n) is 3.57. The Morgan fingerprint density at radius 3 is 1.37 bits per heavy atom. The highest BCUT2D eigenvalue weighted by molar-refractivity contribution is 6.03. The van der Waals surface area contributed by atoms with Crippen molar-refractivity contribution in [3.63, 3.8) is 0 Å². The van der Waals surface area contributed by atoms with E-state index in [-0.39, 0.29) is 28.7 Å². The van der Waals surface area contributed by atoms with E-state index in [0.29, 0.717) is 0 Å². The molecule has 2 aromatic rings. The molecule has 0 saturated heterocycles. The summed E-state index contributed by atoms with van der Waals surface area (Å²) in [6, 6.07) is 10.9. The zero-order valence-corrected chi connectivity index (χ0v) is 14.2. The maximum absolute atomic E-state index is 12.3. The highest BCUT2D eigenvalue weighted by atomic mass is 16.7. The average molecular weight is 372 g/mol. The molecule has 0 saturated carbocycles. The molecule has 0 aromatic heterocycles. The predicted molar refractivity (Wildman–Crippen MR) is 91.7 cm³/mol. The Morgan fingerprint density at radius 1 is 0.741 bits per heavy atom. The molecule has 0 amide bonds. The molecule has 8 nitrogen and oxygen atoms in total. The van der Waals surface area contributed by atoms with Crippen molar-refractivity contribution in [3.8, 4) is 0 Å². The predicted octanol–water partition coefficient (Wildman–Crippen LogP) is 2.83. The monoisotopic (exact) mass is 372 g/mol. The summed E-state index contributed by atoms with van der Waals surface area (Å²) in [5.74, 6) is -4.55. The lowest BCUT2D eigenvalue weighted by Gasteiger charge is -2.18. The van der Waals surface area contributed by atoms with Crippen LogP contribution in [0.5, 0.6) is 0 Å². The summed E-state index contributed by atoms with van der Waals surface area (Å²) >= 11 is 0. The summed E-state index contributed by atoms with van der Waals surface area (Å²) in [5.41, 5.74) is -0.879. The first-order valence-electron chi connectivity index (χ1n) is 7.91. The van der Waals surface area contributed by atoms with Crippen molar-refractivity contribution < 1.29 is 38.9 Å². The van der Waals surface area contributed by atoms with Gasteiger partial charge in [-0.05, 0) is 24.3 Å². The summed E-state index contributed by atoms with van der Waals surface area (Å²) in [6.07, 6.45) is -1.23. The van der Waals surface area contributed by atoms with Gasteiger partial charge in [0.15, 0.2) is 0 Å². The third kappa shape index (κ3) is 4.69. The molecule has 0 unspecified atom stereocenters. The zero-order chi connectivity index (χ0) is 20.0. The van der Waals surface area contributed by atoms with Gasteiger partial charge in [-0.2, -0.15) is 0 Å². The molecule has 0 spiro atoms. The normalized spacial score (nSPS) is 10.3. The summed E-state index contributed by atoms with van der Waals surface area (Å²) in [4.78, 5) is 46.9. The van der Waals surface area contributed by atoms with Gasteiger partial charge in [-0.25, -0.2) is 19.2 Å². The first-order chi connectivity index (χ1) is 12.8. The van der Waals surface area contributed by atoms with E-state index in [1.807, 2.05) is 0 Å². The van der Waals surface area contributed by atoms with Crippen molar-refractivity contribution in [2.24, 2.45) is 0 Å². The van der Waals surface area contributed by atoms with Gasteiger partial charge in [0.05, 0.1) is 22.3 Å². The van der Waals surface area contributed by atoms with E-state index >= 15 is 0 Å². The van der Waals surface area contributed by atoms with E-state index in [9.17, 15) is 19.2 Å². The van der Waals surface area contributed by atoms with Crippen molar-refractivity contribution in [2.75, 3.05) is 0 Å². The van der Waals surface area contributed by atoms with Crippen molar-refractivity contribution in [2.45, 2.75) is 19.6 Å². The van der Waals surface area contributed by atoms with Crippen molar-refractivity contribution in [3.05, 3.63) is 70.8 Å². The third-order valence-corrected chi connectivity index (χ3v) is 3.57. The van der Waals surface area contributed by atoms with Crippen LogP contribution in [-0.4, -0.2) is 40.4 Å². The molecule has 0 heterocycles. The highest BCUT2D eigenvalue weighted by Crippen LogP contribution is 2.16. The van der Waals surface area contributed by atoms with Gasteiger partial charge in [0.1, 0.15) is 0 Å². The lowest BCUT2D eigenvalue weighted by Crippen LogP contribution is -2.26. The van der Waals surface area contributed by atoms with Crippen LogP contribution in [0.3, 0.4) is 0 Å². The molecular formula is C19H16O8. The number of carboxylic acids is 2. The molecule has 0 fully saturated rings. The largest absolute Gasteiger partial charge is 0.478 e. The van der Waals surface area contributed by atoms with Gasteiger partial charge in [-0.1, -0.05) is 31.2 Å². The lowest BCUT2D eigenvalue weighted by atomic mass is 10.1. The topological polar surface area (TPSA) is 127 Å². The summed E-state index contributed by atoms with van der Waals surface area (Å²) in [7, 11) is 0. The Labute approximate surface area is 154 Å². The minimum absolute atomic E-state index is 0.0853. The first kappa shape index (κ1) is 19.6. The van der Waals surface area contributed by atoms with Gasteiger partial charge in [0.25, 0.3) is 0 Å². The average Bonchev–Trinajstić information content (AvgIpc) is 2.67. The molecule has 27 heavy (non-hydrogen) atoms. The number of benzene rings is 2. The second-order valence-corrected chi connectivity index (χ2v) is 5.35. The van der Waals surface area contributed by atoms with Crippen LogP contribution < -0.4 is 0 Å². The van der Waals surface area contributed by atoms with Crippen LogP contribution in [0.4, 0.5) is 0 Å². The molecule has 0 radical (unpaired) electrons. The Balaban J connectivity index is 2.17. The second kappa shape index (κ2) is 8.61. The minimum atomic E-state index is -1.31. The summed E-state index contributed by atoms with van der Waals surface area (Å²) in [6.45, 7) is 1.58. The van der Waals surface area contributed by atoms with E-state index in [1.54, 1.807) is 6.92 Å². The van der Waals surface area contributed by atoms with Crippen LogP contribution in [0.25, 0.3) is 0 Å². The van der Waals surface area contributed by atoms with E-state index in [2.05, 4.69) is 0 Å². The molecule has 2 aromatic carbocycles. The summed E-state index contributed by atoms with van der Waals surface area (Å²) < 4.78 is 10.2. The number of rotatable bonds is 7. The van der Waals surface area contributed by atoms with Crippen LogP contribution in [0.2, 0.25) is 0 Å². The Morgan fingerprint density at radius 2 is 1.07 bits per heavy atom. The molecule has 2 rings (SSSR count). The molecule has 0 bridgehead atoms. The van der Waals surface area contributed by atoms with Crippen LogP contribution in [0, 0.1) is 0 Å². The number of carbonyl (C=O) groups excluding carboxylic acids is 2. The maximum atomic E-state index is 12.3. The fourth-order valence-electron chi connectivity index (χ4n) is 2.25. The maximum Gasteiger partial charge on any atom is 0.342 e. The lowest BCUT2D eigenvalue weighted by molar-refractivity contribution is -0.0808. The van der Waals surface area contributed by atoms with Crippen molar-refractivity contribution in [1.82, 2.24) is 0 Å². The Kier molecular flexibility index (Phi) is 6.27. The van der Waals surface area contributed by atoms with Gasteiger partial charge in [-0.15, -0.1) is 0 Å². The number of carboxylic acid groups (broad SMARTS) is 2. The fraction of sp³-hybridized carbons (Fsp3) is 0.158. The Bertz CT molecular complexity index is 815. The number of carbonyl (C=O) groups is 4. The SMILES string of the molecule is CCC(OC(=O)c1ccccc1C(=O)O)OC(=O)c1ccccc1C(=O)O. The van der Waals surface area contributed by atoms with E-state index < -0.39 is 30.2 Å². The number of aromatic carboxylic acids is 2. The molecule has 140 valence electrons. The van der Waals surface area contributed by atoms with Crippen molar-refractivity contribution >= 4 is 23.9 Å².